The van der Waals surface area contributed by atoms with E-state index in [-0.39, 0.29) is 0 Å². The number of hydrogen-bond acceptors (Lipinski definition) is 2. The Kier molecular flexibility index (Phi) is 4.99. The SMILES string of the molecule is CN(C)[C@H]1CC[C@@]2(C)[C@@H](CC[C@@H]3[C@@H]2CC[C@]2(C)[C@@H](c4ccc5ccncc5c4)CC[C@@H]32)C1. The van der Waals surface area contributed by atoms with Gasteiger partial charge in [0.25, 0.3) is 0 Å². The molecule has 0 unspecified atom stereocenters. The number of hydrogen-bond donors (Lipinski definition) is 0. The topological polar surface area (TPSA) is 16.1 Å². The average molecular weight is 431 g/mol. The molecule has 4 fully saturated rings. The van der Waals surface area contributed by atoms with E-state index in [0.29, 0.717) is 10.8 Å². The smallest absolute Gasteiger partial charge is 0.0346 e. The van der Waals surface area contributed by atoms with Crippen LogP contribution in [0.4, 0.5) is 0 Å². The lowest BCUT2D eigenvalue weighted by atomic mass is 9.44. The molecule has 2 aromatic rings. The van der Waals surface area contributed by atoms with E-state index < -0.39 is 0 Å². The number of aromatic nitrogens is 1. The van der Waals surface area contributed by atoms with Crippen LogP contribution in [-0.2, 0) is 0 Å². The molecular weight excluding hydrogens is 388 g/mol. The van der Waals surface area contributed by atoms with E-state index in [1.165, 1.54) is 68.6 Å². The molecule has 0 spiro atoms. The number of rotatable bonds is 2. The molecule has 1 aromatic carbocycles. The minimum Gasteiger partial charge on any atom is -0.306 e. The van der Waals surface area contributed by atoms with Gasteiger partial charge in [0, 0.05) is 23.8 Å². The van der Waals surface area contributed by atoms with E-state index >= 15 is 0 Å². The van der Waals surface area contributed by atoms with Gasteiger partial charge in [-0.1, -0.05) is 26.0 Å². The molecule has 0 bridgehead atoms. The van der Waals surface area contributed by atoms with Gasteiger partial charge in [-0.05, 0) is 135 Å². The summed E-state index contributed by atoms with van der Waals surface area (Å²) < 4.78 is 0. The molecule has 1 aromatic heterocycles. The van der Waals surface area contributed by atoms with Crippen LogP contribution in [0.15, 0.2) is 36.7 Å². The largest absolute Gasteiger partial charge is 0.306 e. The lowest BCUT2D eigenvalue weighted by Gasteiger charge is -2.61. The molecule has 0 aliphatic heterocycles. The summed E-state index contributed by atoms with van der Waals surface area (Å²) in [6.45, 7) is 5.39. The summed E-state index contributed by atoms with van der Waals surface area (Å²) in [5.41, 5.74) is 2.67. The summed E-state index contributed by atoms with van der Waals surface area (Å²) >= 11 is 0. The Hall–Kier alpha value is -1.41. The third kappa shape index (κ3) is 3.04. The highest BCUT2D eigenvalue weighted by Crippen LogP contribution is 2.69. The van der Waals surface area contributed by atoms with Crippen molar-refractivity contribution in [3.05, 3.63) is 42.2 Å². The molecule has 32 heavy (non-hydrogen) atoms. The van der Waals surface area contributed by atoms with Gasteiger partial charge in [-0.15, -0.1) is 0 Å². The first-order chi connectivity index (χ1) is 15.4. The molecule has 0 radical (unpaired) electrons. The highest BCUT2D eigenvalue weighted by Gasteiger charge is 2.60. The summed E-state index contributed by atoms with van der Waals surface area (Å²) in [6, 6.07) is 10.2. The molecule has 4 aliphatic carbocycles. The van der Waals surface area contributed by atoms with Gasteiger partial charge in [-0.3, -0.25) is 4.98 Å². The number of benzene rings is 1. The van der Waals surface area contributed by atoms with E-state index in [2.05, 4.69) is 68.3 Å². The van der Waals surface area contributed by atoms with Crippen LogP contribution < -0.4 is 0 Å². The first-order valence-corrected chi connectivity index (χ1v) is 13.4. The fourth-order valence-electron chi connectivity index (χ4n) is 9.57. The third-order valence-corrected chi connectivity index (χ3v) is 11.4. The van der Waals surface area contributed by atoms with Crippen LogP contribution in [0.25, 0.3) is 10.8 Å². The highest BCUT2D eigenvalue weighted by atomic mass is 15.1. The fourth-order valence-corrected chi connectivity index (χ4v) is 9.57. The molecule has 1 heterocycles. The van der Waals surface area contributed by atoms with Crippen LogP contribution in [0.1, 0.15) is 83.1 Å². The minimum atomic E-state index is 0.487. The van der Waals surface area contributed by atoms with E-state index in [4.69, 9.17) is 0 Å². The van der Waals surface area contributed by atoms with Gasteiger partial charge in [0.2, 0.25) is 0 Å². The molecule has 2 nitrogen and oxygen atoms in total. The molecule has 4 saturated carbocycles. The predicted octanol–water partition coefficient (Wildman–Crippen LogP) is 7.29. The van der Waals surface area contributed by atoms with Gasteiger partial charge < -0.3 is 4.90 Å². The van der Waals surface area contributed by atoms with Crippen LogP contribution >= 0.6 is 0 Å². The Morgan fingerprint density at radius 1 is 0.844 bits per heavy atom. The molecule has 6 rings (SSSR count). The summed E-state index contributed by atoms with van der Waals surface area (Å²) in [4.78, 5) is 6.90. The maximum atomic E-state index is 4.39. The molecule has 0 saturated heterocycles. The Balaban J connectivity index is 1.27. The van der Waals surface area contributed by atoms with Crippen molar-refractivity contribution in [1.29, 1.82) is 0 Å². The second kappa shape index (κ2) is 7.55. The van der Waals surface area contributed by atoms with Gasteiger partial charge in [0.15, 0.2) is 0 Å². The Bertz CT molecular complexity index is 997. The molecular formula is C30H42N2. The summed E-state index contributed by atoms with van der Waals surface area (Å²) in [7, 11) is 4.60. The standard InChI is InChI=1S/C30H42N2/c1-29-14-11-24(32(3)4)18-23(29)7-8-25-27-10-9-26(30(27,2)15-12-28(25)29)21-6-5-20-13-16-31-19-22(20)17-21/h5-6,13,16-17,19,23-28H,7-12,14-15,18H2,1-4H3/t23-,24-,25-,26+,27-,28-,29-,30+/m0/s1. The van der Waals surface area contributed by atoms with Crippen LogP contribution in [0, 0.1) is 34.5 Å². The van der Waals surface area contributed by atoms with Crippen molar-refractivity contribution in [2.24, 2.45) is 34.5 Å². The molecule has 0 N–H and O–H groups in total. The highest BCUT2D eigenvalue weighted by molar-refractivity contribution is 5.82. The maximum absolute atomic E-state index is 4.39. The van der Waals surface area contributed by atoms with Crippen molar-refractivity contribution in [3.63, 3.8) is 0 Å². The number of fused-ring (bicyclic) bond motifs is 6. The van der Waals surface area contributed by atoms with Gasteiger partial charge in [0.05, 0.1) is 0 Å². The van der Waals surface area contributed by atoms with Crippen molar-refractivity contribution < 1.29 is 0 Å². The monoisotopic (exact) mass is 430 g/mol. The average Bonchev–Trinajstić information content (AvgIpc) is 3.15. The minimum absolute atomic E-state index is 0.487. The Morgan fingerprint density at radius 3 is 2.50 bits per heavy atom. The van der Waals surface area contributed by atoms with Crippen molar-refractivity contribution in [3.8, 4) is 0 Å². The molecule has 4 aliphatic rings. The van der Waals surface area contributed by atoms with Crippen LogP contribution in [0.2, 0.25) is 0 Å². The van der Waals surface area contributed by atoms with Gasteiger partial charge in [-0.25, -0.2) is 0 Å². The predicted molar refractivity (Wildman–Crippen MR) is 134 cm³/mol. The Morgan fingerprint density at radius 2 is 1.66 bits per heavy atom. The summed E-state index contributed by atoms with van der Waals surface area (Å²) in [6.07, 6.45) is 17.0. The molecule has 8 atom stereocenters. The normalized spacial score (nSPS) is 43.7. The zero-order valence-corrected chi connectivity index (χ0v) is 20.7. The van der Waals surface area contributed by atoms with E-state index in [9.17, 15) is 0 Å². The third-order valence-electron chi connectivity index (χ3n) is 11.4. The van der Waals surface area contributed by atoms with E-state index in [1.54, 1.807) is 5.56 Å². The maximum Gasteiger partial charge on any atom is 0.0346 e. The lowest BCUT2D eigenvalue weighted by molar-refractivity contribution is -0.115. The van der Waals surface area contributed by atoms with Crippen molar-refractivity contribution >= 4 is 10.8 Å². The molecule has 2 heteroatoms. The Labute approximate surface area is 195 Å². The number of pyridine rings is 1. The zero-order chi connectivity index (χ0) is 22.1. The van der Waals surface area contributed by atoms with Gasteiger partial charge >= 0.3 is 0 Å². The van der Waals surface area contributed by atoms with Crippen LogP contribution in [-0.4, -0.2) is 30.0 Å². The van der Waals surface area contributed by atoms with E-state index in [0.717, 1.165) is 35.6 Å². The quantitative estimate of drug-likeness (QED) is 0.497. The summed E-state index contributed by atoms with van der Waals surface area (Å²) in [5.74, 6) is 4.56. The van der Waals surface area contributed by atoms with Gasteiger partial charge in [-0.2, -0.15) is 0 Å². The lowest BCUT2D eigenvalue weighted by Crippen LogP contribution is -2.54. The van der Waals surface area contributed by atoms with Gasteiger partial charge in [0.1, 0.15) is 0 Å². The van der Waals surface area contributed by atoms with E-state index in [1.807, 2.05) is 6.20 Å². The first kappa shape index (κ1) is 21.1. The van der Waals surface area contributed by atoms with Crippen molar-refractivity contribution in [2.75, 3.05) is 14.1 Å². The van der Waals surface area contributed by atoms with Crippen molar-refractivity contribution in [2.45, 2.75) is 83.6 Å². The molecule has 0 amide bonds. The second-order valence-electron chi connectivity index (χ2n) is 12.7. The van der Waals surface area contributed by atoms with Crippen molar-refractivity contribution in [1.82, 2.24) is 9.88 Å². The van der Waals surface area contributed by atoms with Crippen LogP contribution in [0.3, 0.4) is 0 Å². The fraction of sp³-hybridized carbons (Fsp3) is 0.700. The molecule has 172 valence electrons. The van der Waals surface area contributed by atoms with Crippen LogP contribution in [0.5, 0.6) is 0 Å². The first-order valence-electron chi connectivity index (χ1n) is 13.4. The summed E-state index contributed by atoms with van der Waals surface area (Å²) in [5, 5.41) is 2.64. The zero-order valence-electron chi connectivity index (χ0n) is 20.7. The second-order valence-corrected chi connectivity index (χ2v) is 12.7. The number of nitrogens with zero attached hydrogens (tertiary/aromatic N) is 2.